The summed E-state index contributed by atoms with van der Waals surface area (Å²) in [5, 5.41) is 7.42. The molecule has 0 aliphatic heterocycles. The molecule has 0 fully saturated rings. The van der Waals surface area contributed by atoms with Crippen molar-refractivity contribution in [3.05, 3.63) is 206 Å². The molecule has 0 atom stereocenters. The Morgan fingerprint density at radius 2 is 0.923 bits per heavy atom. The molecule has 244 valence electrons. The smallest absolute Gasteiger partial charge is 0.0619 e. The summed E-state index contributed by atoms with van der Waals surface area (Å²) in [7, 11) is 0. The van der Waals surface area contributed by atoms with E-state index in [2.05, 4.69) is 216 Å². The molecule has 0 saturated carbocycles. The van der Waals surface area contributed by atoms with Gasteiger partial charge in [0.15, 0.2) is 0 Å². The van der Waals surface area contributed by atoms with Gasteiger partial charge in [-0.1, -0.05) is 164 Å². The number of rotatable bonds is 6. The fourth-order valence-electron chi connectivity index (χ4n) is 8.01. The molecule has 2 nitrogen and oxygen atoms in total. The van der Waals surface area contributed by atoms with Gasteiger partial charge in [-0.3, -0.25) is 0 Å². The highest BCUT2D eigenvalue weighted by molar-refractivity contribution is 6.14. The van der Waals surface area contributed by atoms with Crippen LogP contribution in [0.3, 0.4) is 0 Å². The van der Waals surface area contributed by atoms with Crippen molar-refractivity contribution in [3.63, 3.8) is 0 Å². The minimum Gasteiger partial charge on any atom is -0.310 e. The van der Waals surface area contributed by atoms with Crippen LogP contribution in [0, 0.1) is 0 Å². The Kier molecular flexibility index (Phi) is 7.18. The van der Waals surface area contributed by atoms with Gasteiger partial charge in [0.05, 0.1) is 16.7 Å². The molecule has 10 aromatic rings. The topological polar surface area (TPSA) is 8.17 Å². The van der Waals surface area contributed by atoms with Crippen LogP contribution in [0.25, 0.3) is 71.3 Å². The van der Waals surface area contributed by atoms with E-state index < -0.39 is 0 Å². The lowest BCUT2D eigenvalue weighted by Gasteiger charge is -2.28. The SMILES string of the molecule is c1ccc(-c2cccc3c4ccccc4n(-c4cccc(N(c5ccc(-c6cccc7ccccc67)cc5)c5cccc6ccccc56)c4)c23)cc1. The van der Waals surface area contributed by atoms with Gasteiger partial charge in [0.1, 0.15) is 0 Å². The maximum atomic E-state index is 2.45. The molecule has 0 unspecified atom stereocenters. The van der Waals surface area contributed by atoms with E-state index in [1.165, 1.54) is 65.6 Å². The van der Waals surface area contributed by atoms with Crippen molar-refractivity contribution in [2.75, 3.05) is 4.90 Å². The second kappa shape index (κ2) is 12.5. The van der Waals surface area contributed by atoms with Crippen molar-refractivity contribution in [3.8, 4) is 27.9 Å². The third-order valence-corrected chi connectivity index (χ3v) is 10.4. The Labute approximate surface area is 303 Å². The molecule has 1 heterocycles. The average Bonchev–Trinajstić information content (AvgIpc) is 3.56. The number of benzene rings is 9. The van der Waals surface area contributed by atoms with Crippen LogP contribution in [0.1, 0.15) is 0 Å². The van der Waals surface area contributed by atoms with Crippen LogP contribution >= 0.6 is 0 Å². The Morgan fingerprint density at radius 1 is 0.346 bits per heavy atom. The zero-order valence-electron chi connectivity index (χ0n) is 28.5. The van der Waals surface area contributed by atoms with Gasteiger partial charge in [0.25, 0.3) is 0 Å². The van der Waals surface area contributed by atoms with Crippen LogP contribution in [-0.2, 0) is 0 Å². The summed E-state index contributed by atoms with van der Waals surface area (Å²) in [5.74, 6) is 0. The Bertz CT molecular complexity index is 2890. The minimum absolute atomic E-state index is 1.09. The predicted molar refractivity (Wildman–Crippen MR) is 221 cm³/mol. The molecule has 9 aromatic carbocycles. The molecule has 0 bridgehead atoms. The molecular formula is C50H34N2. The molecule has 2 heteroatoms. The van der Waals surface area contributed by atoms with Gasteiger partial charge in [-0.25, -0.2) is 0 Å². The van der Waals surface area contributed by atoms with Gasteiger partial charge in [-0.2, -0.15) is 0 Å². The summed E-state index contributed by atoms with van der Waals surface area (Å²) < 4.78 is 2.45. The molecule has 1 aromatic heterocycles. The molecule has 0 spiro atoms. The summed E-state index contributed by atoms with van der Waals surface area (Å²) in [6, 6.07) is 74.7. The van der Waals surface area contributed by atoms with Crippen LogP contribution in [0.5, 0.6) is 0 Å². The van der Waals surface area contributed by atoms with Crippen molar-refractivity contribution in [2.45, 2.75) is 0 Å². The van der Waals surface area contributed by atoms with Crippen LogP contribution < -0.4 is 4.90 Å². The molecule has 52 heavy (non-hydrogen) atoms. The Balaban J connectivity index is 1.19. The van der Waals surface area contributed by atoms with E-state index in [-0.39, 0.29) is 0 Å². The molecule has 0 N–H and O–H groups in total. The monoisotopic (exact) mass is 662 g/mol. The van der Waals surface area contributed by atoms with Gasteiger partial charge in [0, 0.05) is 38.8 Å². The molecule has 0 saturated heterocycles. The molecule has 0 aliphatic rings. The molecule has 0 radical (unpaired) electrons. The standard InChI is InChI=1S/C50H34N2/c1-2-14-37(15-3-1)45-26-13-27-47-46-24-8-9-28-49(46)52(50(45)47)41-21-12-20-40(34-41)51(48-29-11-19-36-17-5-7-23-44(36)48)39-32-30-38(31-33-39)43-25-10-18-35-16-4-6-22-42(35)43/h1-34H. The fourth-order valence-corrected chi connectivity index (χ4v) is 8.01. The summed E-state index contributed by atoms with van der Waals surface area (Å²) >= 11 is 0. The summed E-state index contributed by atoms with van der Waals surface area (Å²) in [6.45, 7) is 0. The molecule has 0 amide bonds. The van der Waals surface area contributed by atoms with Crippen molar-refractivity contribution in [1.29, 1.82) is 0 Å². The van der Waals surface area contributed by atoms with E-state index in [0.29, 0.717) is 0 Å². The lowest BCUT2D eigenvalue weighted by atomic mass is 9.98. The lowest BCUT2D eigenvalue weighted by molar-refractivity contribution is 1.17. The lowest BCUT2D eigenvalue weighted by Crippen LogP contribution is -2.11. The second-order valence-electron chi connectivity index (χ2n) is 13.3. The number of anilines is 3. The fraction of sp³-hybridized carbons (Fsp3) is 0. The maximum absolute atomic E-state index is 2.45. The second-order valence-corrected chi connectivity index (χ2v) is 13.3. The van der Waals surface area contributed by atoms with Gasteiger partial charge in [0.2, 0.25) is 0 Å². The first-order valence-corrected chi connectivity index (χ1v) is 17.9. The average molecular weight is 663 g/mol. The number of aromatic nitrogens is 1. The van der Waals surface area contributed by atoms with Crippen molar-refractivity contribution < 1.29 is 0 Å². The van der Waals surface area contributed by atoms with Gasteiger partial charge >= 0.3 is 0 Å². The zero-order valence-corrected chi connectivity index (χ0v) is 28.5. The van der Waals surface area contributed by atoms with Crippen LogP contribution in [-0.4, -0.2) is 4.57 Å². The quantitative estimate of drug-likeness (QED) is 0.172. The summed E-state index contributed by atoms with van der Waals surface area (Å²) in [4.78, 5) is 2.41. The van der Waals surface area contributed by atoms with E-state index in [9.17, 15) is 0 Å². The highest BCUT2D eigenvalue weighted by Crippen LogP contribution is 2.43. The van der Waals surface area contributed by atoms with Crippen molar-refractivity contribution in [2.24, 2.45) is 0 Å². The number of hydrogen-bond donors (Lipinski definition) is 0. The largest absolute Gasteiger partial charge is 0.310 e. The number of fused-ring (bicyclic) bond motifs is 5. The van der Waals surface area contributed by atoms with Crippen LogP contribution in [0.4, 0.5) is 17.1 Å². The third kappa shape index (κ3) is 4.96. The first kappa shape index (κ1) is 30.0. The number of hydrogen-bond acceptors (Lipinski definition) is 1. The van der Waals surface area contributed by atoms with Crippen molar-refractivity contribution in [1.82, 2.24) is 4.57 Å². The van der Waals surface area contributed by atoms with Gasteiger partial charge in [-0.15, -0.1) is 0 Å². The Hall–Kier alpha value is -6.90. The molecule has 10 rings (SSSR count). The van der Waals surface area contributed by atoms with Crippen LogP contribution in [0.15, 0.2) is 206 Å². The first-order valence-electron chi connectivity index (χ1n) is 17.9. The number of para-hydroxylation sites is 2. The predicted octanol–water partition coefficient (Wildman–Crippen LogP) is 13.9. The van der Waals surface area contributed by atoms with E-state index in [1.807, 2.05) is 0 Å². The first-order chi connectivity index (χ1) is 25.8. The Morgan fingerprint density at radius 3 is 1.75 bits per heavy atom. The highest BCUT2D eigenvalue weighted by atomic mass is 15.1. The van der Waals surface area contributed by atoms with E-state index in [1.54, 1.807) is 0 Å². The number of nitrogens with zero attached hydrogens (tertiary/aromatic N) is 2. The maximum Gasteiger partial charge on any atom is 0.0619 e. The van der Waals surface area contributed by atoms with E-state index in [0.717, 1.165) is 22.7 Å². The normalized spacial score (nSPS) is 11.5. The zero-order chi connectivity index (χ0) is 34.4. The van der Waals surface area contributed by atoms with Crippen molar-refractivity contribution >= 4 is 60.4 Å². The van der Waals surface area contributed by atoms with E-state index in [4.69, 9.17) is 0 Å². The van der Waals surface area contributed by atoms with Crippen LogP contribution in [0.2, 0.25) is 0 Å². The van der Waals surface area contributed by atoms with Gasteiger partial charge < -0.3 is 9.47 Å². The summed E-state index contributed by atoms with van der Waals surface area (Å²) in [6.07, 6.45) is 0. The van der Waals surface area contributed by atoms with E-state index >= 15 is 0 Å². The molecular weight excluding hydrogens is 629 g/mol. The third-order valence-electron chi connectivity index (χ3n) is 10.4. The molecule has 0 aliphatic carbocycles. The highest BCUT2D eigenvalue weighted by Gasteiger charge is 2.20. The van der Waals surface area contributed by atoms with Gasteiger partial charge in [-0.05, 0) is 75.3 Å². The summed E-state index contributed by atoms with van der Waals surface area (Å²) in [5.41, 5.74) is 11.7. The minimum atomic E-state index is 1.09.